The molecule has 2 heterocycles. The van der Waals surface area contributed by atoms with Gasteiger partial charge in [-0.2, -0.15) is 13.2 Å². The Labute approximate surface area is 203 Å². The first-order chi connectivity index (χ1) is 16.7. The summed E-state index contributed by atoms with van der Waals surface area (Å²) in [5.74, 6) is -0.383. The van der Waals surface area contributed by atoms with E-state index in [2.05, 4.69) is 0 Å². The molecule has 1 saturated carbocycles. The number of ether oxygens (including phenoxy) is 1. The Bertz CT molecular complexity index is 1380. The normalized spacial score (nSPS) is 14.6. The number of amides is 1. The van der Waals surface area contributed by atoms with E-state index < -0.39 is 17.6 Å². The Morgan fingerprint density at radius 2 is 1.80 bits per heavy atom. The Balaban J connectivity index is 1.67. The van der Waals surface area contributed by atoms with Gasteiger partial charge in [-0.15, -0.1) is 11.3 Å². The van der Waals surface area contributed by atoms with E-state index in [0.29, 0.717) is 27.3 Å². The zero-order valence-electron chi connectivity index (χ0n) is 18.6. The smallest absolute Gasteiger partial charge is 0.417 e. The van der Waals surface area contributed by atoms with Crippen molar-refractivity contribution in [3.63, 3.8) is 0 Å². The van der Waals surface area contributed by atoms with Gasteiger partial charge in [0.1, 0.15) is 5.75 Å². The highest BCUT2D eigenvalue weighted by atomic mass is 32.1. The summed E-state index contributed by atoms with van der Waals surface area (Å²) in [4.78, 5) is 12.2. The molecule has 5 rings (SSSR count). The summed E-state index contributed by atoms with van der Waals surface area (Å²) in [5.41, 5.74) is 6.47. The van der Waals surface area contributed by atoms with E-state index in [4.69, 9.17) is 10.5 Å². The number of nitrogens with zero attached hydrogens (tertiary/aromatic N) is 1. The third-order valence-electron chi connectivity index (χ3n) is 6.28. The highest BCUT2D eigenvalue weighted by Gasteiger charge is 2.36. The van der Waals surface area contributed by atoms with Gasteiger partial charge >= 0.3 is 6.18 Å². The molecule has 2 aromatic carbocycles. The third-order valence-corrected chi connectivity index (χ3v) is 7.34. The second-order valence-corrected chi connectivity index (χ2v) is 9.79. The van der Waals surface area contributed by atoms with E-state index in [0.717, 1.165) is 36.4 Å². The number of halogens is 3. The van der Waals surface area contributed by atoms with Gasteiger partial charge < -0.3 is 20.1 Å². The molecule has 1 aliphatic carbocycles. The van der Waals surface area contributed by atoms with E-state index in [1.54, 1.807) is 34.9 Å². The molecule has 0 spiro atoms. The number of aromatic nitrogens is 1. The van der Waals surface area contributed by atoms with Gasteiger partial charge in [-0.05, 0) is 80.3 Å². The molecule has 0 atom stereocenters. The number of aliphatic hydroxyl groups excluding tert-OH is 1. The van der Waals surface area contributed by atoms with Crippen molar-refractivity contribution in [1.29, 1.82) is 0 Å². The van der Waals surface area contributed by atoms with Crippen molar-refractivity contribution in [2.24, 2.45) is 5.73 Å². The van der Waals surface area contributed by atoms with Crippen LogP contribution in [0.3, 0.4) is 0 Å². The highest BCUT2D eigenvalue weighted by Crippen LogP contribution is 2.43. The molecule has 1 amide bonds. The van der Waals surface area contributed by atoms with Crippen molar-refractivity contribution in [2.45, 2.75) is 44.6 Å². The summed E-state index contributed by atoms with van der Waals surface area (Å²) in [6.45, 7) is -0.170. The molecule has 0 radical (unpaired) electrons. The number of hydrogen-bond acceptors (Lipinski definition) is 4. The lowest BCUT2D eigenvalue weighted by atomic mass is 10.0. The van der Waals surface area contributed by atoms with Crippen LogP contribution < -0.4 is 10.5 Å². The molecule has 0 aliphatic heterocycles. The SMILES string of the molecule is NC(=O)c1ccc(-n2c(-c3ccc(OC4CCCC4)cc3C(F)(F)F)cc3sc(CO)cc32)cc1. The minimum Gasteiger partial charge on any atom is -0.490 e. The van der Waals surface area contributed by atoms with Gasteiger partial charge in [0.25, 0.3) is 0 Å². The molecular weight excluding hydrogens is 477 g/mol. The molecule has 1 aliphatic rings. The van der Waals surface area contributed by atoms with E-state index >= 15 is 0 Å². The fraction of sp³-hybridized carbons (Fsp3) is 0.269. The molecule has 0 unspecified atom stereocenters. The van der Waals surface area contributed by atoms with Crippen LogP contribution in [0.4, 0.5) is 13.2 Å². The van der Waals surface area contributed by atoms with Crippen LogP contribution in [0, 0.1) is 0 Å². The van der Waals surface area contributed by atoms with Crippen LogP contribution in [0.2, 0.25) is 0 Å². The molecule has 5 nitrogen and oxygen atoms in total. The number of carbonyl (C=O) groups excluding carboxylic acids is 1. The van der Waals surface area contributed by atoms with E-state index in [1.165, 1.54) is 29.5 Å². The largest absolute Gasteiger partial charge is 0.490 e. The maximum atomic E-state index is 14.3. The van der Waals surface area contributed by atoms with Crippen molar-refractivity contribution >= 4 is 27.5 Å². The summed E-state index contributed by atoms with van der Waals surface area (Å²) < 4.78 is 51.1. The maximum absolute atomic E-state index is 14.3. The summed E-state index contributed by atoms with van der Waals surface area (Å²) in [6.07, 6.45) is -0.934. The lowest BCUT2D eigenvalue weighted by Crippen LogP contribution is -2.13. The van der Waals surface area contributed by atoms with Crippen LogP contribution >= 0.6 is 11.3 Å². The second kappa shape index (κ2) is 9.05. The number of benzene rings is 2. The van der Waals surface area contributed by atoms with Gasteiger partial charge in [0.2, 0.25) is 5.91 Å². The molecule has 1 fully saturated rings. The topological polar surface area (TPSA) is 77.5 Å². The first kappa shape index (κ1) is 23.4. The van der Waals surface area contributed by atoms with Crippen LogP contribution in [0.25, 0.3) is 27.2 Å². The van der Waals surface area contributed by atoms with Crippen LogP contribution in [0.5, 0.6) is 5.75 Å². The minimum atomic E-state index is -4.60. The zero-order valence-corrected chi connectivity index (χ0v) is 19.5. The number of aliphatic hydroxyl groups is 1. The zero-order chi connectivity index (χ0) is 24.7. The van der Waals surface area contributed by atoms with Crippen molar-refractivity contribution in [2.75, 3.05) is 0 Å². The lowest BCUT2D eigenvalue weighted by Gasteiger charge is -2.19. The summed E-state index contributed by atoms with van der Waals surface area (Å²) >= 11 is 1.32. The number of nitrogens with two attached hydrogens (primary N) is 1. The molecule has 182 valence electrons. The van der Waals surface area contributed by atoms with Crippen LogP contribution in [0.15, 0.2) is 54.6 Å². The predicted molar refractivity (Wildman–Crippen MR) is 129 cm³/mol. The van der Waals surface area contributed by atoms with Crippen molar-refractivity contribution in [1.82, 2.24) is 4.57 Å². The number of rotatable bonds is 6. The van der Waals surface area contributed by atoms with Gasteiger partial charge in [-0.25, -0.2) is 0 Å². The Morgan fingerprint density at radius 1 is 1.09 bits per heavy atom. The highest BCUT2D eigenvalue weighted by molar-refractivity contribution is 7.19. The molecule has 35 heavy (non-hydrogen) atoms. The average Bonchev–Trinajstić information content (AvgIpc) is 3.55. The molecule has 0 saturated heterocycles. The summed E-state index contributed by atoms with van der Waals surface area (Å²) in [6, 6.07) is 13.9. The number of thiophene rings is 1. The molecule has 0 bridgehead atoms. The lowest BCUT2D eigenvalue weighted by molar-refractivity contribution is -0.137. The van der Waals surface area contributed by atoms with Crippen molar-refractivity contribution in [3.05, 3.63) is 70.6 Å². The van der Waals surface area contributed by atoms with E-state index in [-0.39, 0.29) is 24.0 Å². The Kier molecular flexibility index (Phi) is 6.06. The average molecular weight is 501 g/mol. The van der Waals surface area contributed by atoms with Gasteiger partial charge in [-0.1, -0.05) is 0 Å². The third kappa shape index (κ3) is 4.53. The molecule has 2 aromatic heterocycles. The molecule has 9 heteroatoms. The van der Waals surface area contributed by atoms with E-state index in [9.17, 15) is 23.1 Å². The fourth-order valence-electron chi connectivity index (χ4n) is 4.63. The number of alkyl halides is 3. The quantitative estimate of drug-likeness (QED) is 0.327. The van der Waals surface area contributed by atoms with Crippen LogP contribution in [-0.4, -0.2) is 21.7 Å². The van der Waals surface area contributed by atoms with Gasteiger partial charge in [0.05, 0.1) is 34.2 Å². The Hall–Kier alpha value is -3.30. The number of hydrogen-bond donors (Lipinski definition) is 2. The van der Waals surface area contributed by atoms with Crippen LogP contribution in [-0.2, 0) is 12.8 Å². The predicted octanol–water partition coefficient (Wildman–Crippen LogP) is 6.29. The molecule has 3 N–H and O–H groups in total. The maximum Gasteiger partial charge on any atom is 0.417 e. The minimum absolute atomic E-state index is 0.0178. The number of carbonyl (C=O) groups is 1. The standard InChI is InChI=1S/C26H23F3N2O3S/c27-26(28,29)21-11-18(34-17-3-1-2-4-17)9-10-20(21)22-13-24-23(12-19(14-32)35-24)31(22)16-7-5-15(6-8-16)25(30)33/h5-13,17,32H,1-4,14H2,(H2,30,33). The van der Waals surface area contributed by atoms with Crippen LogP contribution in [0.1, 0.15) is 46.5 Å². The monoisotopic (exact) mass is 500 g/mol. The molecular formula is C26H23F3N2O3S. The van der Waals surface area contributed by atoms with E-state index in [1.807, 2.05) is 0 Å². The molecule has 4 aromatic rings. The number of fused-ring (bicyclic) bond motifs is 1. The first-order valence-corrected chi connectivity index (χ1v) is 12.1. The summed E-state index contributed by atoms with van der Waals surface area (Å²) in [7, 11) is 0. The van der Waals surface area contributed by atoms with Crippen molar-refractivity contribution < 1.29 is 27.8 Å². The van der Waals surface area contributed by atoms with Gasteiger partial charge in [0.15, 0.2) is 0 Å². The number of primary amides is 1. The van der Waals surface area contributed by atoms with Gasteiger partial charge in [0, 0.05) is 21.7 Å². The second-order valence-electron chi connectivity index (χ2n) is 8.63. The fourth-order valence-corrected chi connectivity index (χ4v) is 5.57. The van der Waals surface area contributed by atoms with Gasteiger partial charge in [-0.3, -0.25) is 4.79 Å². The first-order valence-electron chi connectivity index (χ1n) is 11.3. The van der Waals surface area contributed by atoms with Crippen molar-refractivity contribution in [3.8, 4) is 22.7 Å². The Morgan fingerprint density at radius 3 is 2.43 bits per heavy atom. The summed E-state index contributed by atoms with van der Waals surface area (Å²) in [5, 5.41) is 9.59.